The number of carbonyl (C=O) groups excluding carboxylic acids is 1. The average molecular weight is 376 g/mol. The van der Waals surface area contributed by atoms with E-state index in [0.717, 1.165) is 24.7 Å². The van der Waals surface area contributed by atoms with Crippen molar-refractivity contribution in [2.24, 2.45) is 0 Å². The first kappa shape index (κ1) is 18.7. The van der Waals surface area contributed by atoms with Crippen LogP contribution < -0.4 is 4.90 Å². The maximum absolute atomic E-state index is 12.1. The average Bonchev–Trinajstić information content (AvgIpc) is 3.04. The van der Waals surface area contributed by atoms with Crippen LogP contribution in [0.25, 0.3) is 5.69 Å². The highest BCUT2D eigenvalue weighted by Gasteiger charge is 2.23. The Hall–Kier alpha value is -2.06. The number of rotatable bonds is 5. The molecule has 0 atom stereocenters. The Bertz CT molecular complexity index is 737. The number of esters is 1. The second-order valence-corrected chi connectivity index (χ2v) is 7.87. The third kappa shape index (κ3) is 4.76. The Morgan fingerprint density at radius 2 is 1.88 bits per heavy atom. The largest absolute Gasteiger partial charge is 0.459 e. The lowest BCUT2D eigenvalue weighted by atomic mass is 10.2. The minimum absolute atomic E-state index is 0.186. The quantitative estimate of drug-likeness (QED) is 0.587. The van der Waals surface area contributed by atoms with Crippen molar-refractivity contribution in [2.75, 3.05) is 37.0 Å². The van der Waals surface area contributed by atoms with E-state index in [1.54, 1.807) is 0 Å². The van der Waals surface area contributed by atoms with E-state index in [1.165, 1.54) is 11.8 Å². The van der Waals surface area contributed by atoms with E-state index in [9.17, 15) is 4.79 Å². The van der Waals surface area contributed by atoms with E-state index in [0.29, 0.717) is 18.4 Å². The number of para-hydroxylation sites is 1. The SMILES string of the molecule is CC(C)(C)OC(=O)CSc1nnc(N2CCOCC2)n1-c1ccccc1. The smallest absolute Gasteiger partial charge is 0.316 e. The van der Waals surface area contributed by atoms with Gasteiger partial charge in [-0.05, 0) is 32.9 Å². The standard InChI is InChI=1S/C18H24N4O3S/c1-18(2,3)25-15(23)13-26-17-20-19-16(21-9-11-24-12-10-21)22(17)14-7-5-4-6-8-14/h4-8H,9-13H2,1-3H3. The lowest BCUT2D eigenvalue weighted by Crippen LogP contribution is -2.37. The van der Waals surface area contributed by atoms with Gasteiger partial charge in [-0.1, -0.05) is 30.0 Å². The Morgan fingerprint density at radius 1 is 1.19 bits per heavy atom. The Balaban J connectivity index is 1.83. The molecule has 1 aromatic heterocycles. The monoisotopic (exact) mass is 376 g/mol. The molecule has 1 aliphatic rings. The molecule has 1 fully saturated rings. The van der Waals surface area contributed by atoms with Gasteiger partial charge in [-0.2, -0.15) is 0 Å². The molecule has 2 heterocycles. The Morgan fingerprint density at radius 3 is 2.54 bits per heavy atom. The predicted molar refractivity (Wildman–Crippen MR) is 101 cm³/mol. The van der Waals surface area contributed by atoms with Crippen molar-refractivity contribution in [1.29, 1.82) is 0 Å². The zero-order chi connectivity index (χ0) is 18.6. The molecule has 1 aliphatic heterocycles. The van der Waals surface area contributed by atoms with Crippen molar-refractivity contribution < 1.29 is 14.3 Å². The summed E-state index contributed by atoms with van der Waals surface area (Å²) in [7, 11) is 0. The number of nitrogens with zero attached hydrogens (tertiary/aromatic N) is 4. The molecule has 0 amide bonds. The number of benzene rings is 1. The molecule has 140 valence electrons. The van der Waals surface area contributed by atoms with Crippen LogP contribution in [0.15, 0.2) is 35.5 Å². The van der Waals surface area contributed by atoms with Crippen molar-refractivity contribution in [1.82, 2.24) is 14.8 Å². The van der Waals surface area contributed by atoms with Gasteiger partial charge in [-0.3, -0.25) is 9.36 Å². The molecule has 0 spiro atoms. The van der Waals surface area contributed by atoms with Gasteiger partial charge < -0.3 is 14.4 Å². The molecule has 0 bridgehead atoms. The van der Waals surface area contributed by atoms with Crippen LogP contribution >= 0.6 is 11.8 Å². The summed E-state index contributed by atoms with van der Waals surface area (Å²) in [5.41, 5.74) is 0.467. The second kappa shape index (κ2) is 8.09. The molecule has 0 radical (unpaired) electrons. The number of carbonyl (C=O) groups is 1. The molecular weight excluding hydrogens is 352 g/mol. The van der Waals surface area contributed by atoms with E-state index >= 15 is 0 Å². The van der Waals surface area contributed by atoms with Gasteiger partial charge >= 0.3 is 5.97 Å². The van der Waals surface area contributed by atoms with Gasteiger partial charge in [0.15, 0.2) is 5.16 Å². The van der Waals surface area contributed by atoms with E-state index in [4.69, 9.17) is 9.47 Å². The third-order valence-electron chi connectivity index (χ3n) is 3.66. The van der Waals surface area contributed by atoms with Gasteiger partial charge in [-0.15, -0.1) is 10.2 Å². The fourth-order valence-corrected chi connectivity index (χ4v) is 3.34. The van der Waals surface area contributed by atoms with Crippen molar-refractivity contribution in [3.8, 4) is 5.69 Å². The van der Waals surface area contributed by atoms with Crippen molar-refractivity contribution in [2.45, 2.75) is 31.5 Å². The molecule has 1 aromatic carbocycles. The number of hydrogen-bond donors (Lipinski definition) is 0. The maximum atomic E-state index is 12.1. The van der Waals surface area contributed by atoms with E-state index < -0.39 is 5.60 Å². The summed E-state index contributed by atoms with van der Waals surface area (Å²) >= 11 is 1.33. The molecule has 8 heteroatoms. The van der Waals surface area contributed by atoms with Gasteiger partial charge in [0.05, 0.1) is 24.7 Å². The fraction of sp³-hybridized carbons (Fsp3) is 0.500. The van der Waals surface area contributed by atoms with Crippen molar-refractivity contribution in [3.63, 3.8) is 0 Å². The summed E-state index contributed by atoms with van der Waals surface area (Å²) in [6, 6.07) is 9.92. The normalized spacial score (nSPS) is 15.1. The van der Waals surface area contributed by atoms with Crippen LogP contribution in [0.2, 0.25) is 0 Å². The van der Waals surface area contributed by atoms with Crippen molar-refractivity contribution >= 4 is 23.7 Å². The molecule has 7 nitrogen and oxygen atoms in total. The van der Waals surface area contributed by atoms with E-state index in [-0.39, 0.29) is 11.7 Å². The molecular formula is C18H24N4O3S. The molecule has 0 saturated carbocycles. The Labute approximate surface area is 157 Å². The number of anilines is 1. The first-order valence-corrected chi connectivity index (χ1v) is 9.61. The summed E-state index contributed by atoms with van der Waals surface area (Å²) in [4.78, 5) is 14.2. The van der Waals surface area contributed by atoms with Crippen LogP contribution in [0.5, 0.6) is 0 Å². The highest BCUT2D eigenvalue weighted by Crippen LogP contribution is 2.27. The molecule has 26 heavy (non-hydrogen) atoms. The summed E-state index contributed by atoms with van der Waals surface area (Å²) in [5.74, 6) is 0.690. The summed E-state index contributed by atoms with van der Waals surface area (Å²) in [5, 5.41) is 9.37. The van der Waals surface area contributed by atoms with Gasteiger partial charge in [0.1, 0.15) is 5.60 Å². The van der Waals surface area contributed by atoms with Gasteiger partial charge in [0.25, 0.3) is 0 Å². The van der Waals surface area contributed by atoms with E-state index in [2.05, 4.69) is 15.1 Å². The first-order chi connectivity index (χ1) is 12.4. The van der Waals surface area contributed by atoms with Crippen LogP contribution in [-0.2, 0) is 14.3 Å². The van der Waals surface area contributed by atoms with Gasteiger partial charge in [0.2, 0.25) is 5.95 Å². The van der Waals surface area contributed by atoms with Crippen LogP contribution in [0.4, 0.5) is 5.95 Å². The number of thioether (sulfide) groups is 1. The number of hydrogen-bond acceptors (Lipinski definition) is 7. The zero-order valence-corrected chi connectivity index (χ0v) is 16.2. The number of morpholine rings is 1. The van der Waals surface area contributed by atoms with Crippen LogP contribution in [0.3, 0.4) is 0 Å². The molecule has 1 saturated heterocycles. The molecule has 3 rings (SSSR count). The third-order valence-corrected chi connectivity index (χ3v) is 4.57. The maximum Gasteiger partial charge on any atom is 0.316 e. The molecule has 0 unspecified atom stereocenters. The van der Waals surface area contributed by atoms with Gasteiger partial charge in [0, 0.05) is 13.1 Å². The molecule has 0 N–H and O–H groups in total. The van der Waals surface area contributed by atoms with E-state index in [1.807, 2.05) is 55.7 Å². The van der Waals surface area contributed by atoms with Crippen molar-refractivity contribution in [3.05, 3.63) is 30.3 Å². The zero-order valence-electron chi connectivity index (χ0n) is 15.3. The molecule has 0 aliphatic carbocycles. The first-order valence-electron chi connectivity index (χ1n) is 8.62. The lowest BCUT2D eigenvalue weighted by Gasteiger charge is -2.27. The van der Waals surface area contributed by atoms with Crippen LogP contribution in [-0.4, -0.2) is 58.4 Å². The Kier molecular flexibility index (Phi) is 5.83. The minimum atomic E-state index is -0.496. The van der Waals surface area contributed by atoms with Crippen LogP contribution in [0.1, 0.15) is 20.8 Å². The minimum Gasteiger partial charge on any atom is -0.459 e. The topological polar surface area (TPSA) is 69.5 Å². The highest BCUT2D eigenvalue weighted by molar-refractivity contribution is 7.99. The predicted octanol–water partition coefficient (Wildman–Crippen LogP) is 2.54. The van der Waals surface area contributed by atoms with Gasteiger partial charge in [-0.25, -0.2) is 0 Å². The highest BCUT2D eigenvalue weighted by atomic mass is 32.2. The summed E-state index contributed by atoms with van der Waals surface area (Å²) in [6.07, 6.45) is 0. The molecule has 2 aromatic rings. The second-order valence-electron chi connectivity index (χ2n) is 6.93. The lowest BCUT2D eigenvalue weighted by molar-refractivity contribution is -0.151. The number of ether oxygens (including phenoxy) is 2. The van der Waals surface area contributed by atoms with Crippen LogP contribution in [0, 0.1) is 0 Å². The fourth-order valence-electron chi connectivity index (χ4n) is 2.62. The summed E-state index contributed by atoms with van der Waals surface area (Å²) in [6.45, 7) is 8.45. The number of aromatic nitrogens is 3. The summed E-state index contributed by atoms with van der Waals surface area (Å²) < 4.78 is 12.8.